The Labute approximate surface area is 114 Å². The number of hydrogen-bond donors (Lipinski definition) is 2. The monoisotopic (exact) mass is 265 g/mol. The van der Waals surface area contributed by atoms with Crippen molar-refractivity contribution in [3.8, 4) is 0 Å². The molecule has 0 unspecified atom stereocenters. The molecule has 98 valence electrons. The summed E-state index contributed by atoms with van der Waals surface area (Å²) < 4.78 is 0. The van der Waals surface area contributed by atoms with Gasteiger partial charge in [-0.25, -0.2) is 0 Å². The molecule has 2 rings (SSSR count). The van der Waals surface area contributed by atoms with Crippen LogP contribution in [0.4, 0.5) is 0 Å². The summed E-state index contributed by atoms with van der Waals surface area (Å²) in [5.74, 6) is 0.863. The molecule has 0 saturated heterocycles. The summed E-state index contributed by atoms with van der Waals surface area (Å²) in [5.41, 5.74) is 1.09. The van der Waals surface area contributed by atoms with Crippen LogP contribution in [0.3, 0.4) is 0 Å². The molecule has 0 radical (unpaired) electrons. The van der Waals surface area contributed by atoms with Crippen molar-refractivity contribution in [2.75, 3.05) is 7.05 Å². The molecule has 2 N–H and O–H groups in total. The lowest BCUT2D eigenvalue weighted by molar-refractivity contribution is 0.613. The molecule has 0 heterocycles. The first kappa shape index (κ1) is 13.2. The molecule has 1 saturated carbocycles. The van der Waals surface area contributed by atoms with E-state index in [0.717, 1.165) is 16.5 Å². The van der Waals surface area contributed by atoms with E-state index in [9.17, 15) is 0 Å². The number of guanidine groups is 1. The van der Waals surface area contributed by atoms with Gasteiger partial charge >= 0.3 is 0 Å². The van der Waals surface area contributed by atoms with Crippen LogP contribution in [-0.2, 0) is 6.54 Å². The standard InChI is InChI=1S/C14H20ClN3/c1-16-14(18-12-7-3-4-8-12)17-10-11-6-2-5-9-13(11)15/h2,5-6,9,12H,3-4,7-8,10H2,1H3,(H2,16,17,18). The van der Waals surface area contributed by atoms with Crippen LogP contribution < -0.4 is 10.6 Å². The van der Waals surface area contributed by atoms with E-state index in [1.54, 1.807) is 7.05 Å². The highest BCUT2D eigenvalue weighted by atomic mass is 35.5. The lowest BCUT2D eigenvalue weighted by Crippen LogP contribution is -2.41. The van der Waals surface area contributed by atoms with Gasteiger partial charge in [-0.05, 0) is 24.5 Å². The molecule has 1 aromatic carbocycles. The molecule has 4 heteroatoms. The van der Waals surface area contributed by atoms with Crippen molar-refractivity contribution in [1.29, 1.82) is 0 Å². The van der Waals surface area contributed by atoms with Gasteiger partial charge in [0.2, 0.25) is 0 Å². The molecule has 0 bridgehead atoms. The molecule has 18 heavy (non-hydrogen) atoms. The normalized spacial score (nSPS) is 16.9. The lowest BCUT2D eigenvalue weighted by atomic mass is 10.2. The number of nitrogens with one attached hydrogen (secondary N) is 2. The molecule has 0 aromatic heterocycles. The fraction of sp³-hybridized carbons (Fsp3) is 0.500. The van der Waals surface area contributed by atoms with E-state index >= 15 is 0 Å². The van der Waals surface area contributed by atoms with Gasteiger partial charge in [0.15, 0.2) is 5.96 Å². The molecule has 0 atom stereocenters. The maximum absolute atomic E-state index is 6.12. The average molecular weight is 266 g/mol. The Morgan fingerprint density at radius 3 is 2.72 bits per heavy atom. The number of benzene rings is 1. The SMILES string of the molecule is CN=C(NCc1ccccc1Cl)NC1CCCC1. The van der Waals surface area contributed by atoms with Gasteiger partial charge in [-0.2, -0.15) is 0 Å². The number of nitrogens with zero attached hydrogens (tertiary/aromatic N) is 1. The van der Waals surface area contributed by atoms with E-state index in [1.165, 1.54) is 25.7 Å². The quantitative estimate of drug-likeness (QED) is 0.651. The predicted octanol–water partition coefficient (Wildman–Crippen LogP) is 2.95. The van der Waals surface area contributed by atoms with Gasteiger partial charge in [-0.15, -0.1) is 0 Å². The van der Waals surface area contributed by atoms with Gasteiger partial charge in [-0.3, -0.25) is 4.99 Å². The summed E-state index contributed by atoms with van der Waals surface area (Å²) in [5, 5.41) is 7.55. The first-order chi connectivity index (χ1) is 8.79. The fourth-order valence-electron chi connectivity index (χ4n) is 2.28. The van der Waals surface area contributed by atoms with Crippen LogP contribution in [0.15, 0.2) is 29.3 Å². The summed E-state index contributed by atoms with van der Waals surface area (Å²) in [6, 6.07) is 8.44. The Morgan fingerprint density at radius 1 is 1.33 bits per heavy atom. The second-order valence-electron chi connectivity index (χ2n) is 4.64. The third-order valence-electron chi connectivity index (χ3n) is 3.32. The van der Waals surface area contributed by atoms with Crippen molar-refractivity contribution in [1.82, 2.24) is 10.6 Å². The first-order valence-electron chi connectivity index (χ1n) is 6.50. The second kappa shape index (κ2) is 6.64. The fourth-order valence-corrected chi connectivity index (χ4v) is 2.48. The van der Waals surface area contributed by atoms with Crippen molar-refractivity contribution >= 4 is 17.6 Å². The Bertz CT molecular complexity index is 411. The Hall–Kier alpha value is -1.22. The molecule has 0 amide bonds. The van der Waals surface area contributed by atoms with E-state index in [4.69, 9.17) is 11.6 Å². The second-order valence-corrected chi connectivity index (χ2v) is 5.05. The van der Waals surface area contributed by atoms with E-state index < -0.39 is 0 Å². The number of hydrogen-bond acceptors (Lipinski definition) is 1. The van der Waals surface area contributed by atoms with E-state index in [2.05, 4.69) is 15.6 Å². The molecule has 0 aliphatic heterocycles. The molecular weight excluding hydrogens is 246 g/mol. The van der Waals surface area contributed by atoms with Gasteiger partial charge < -0.3 is 10.6 Å². The summed E-state index contributed by atoms with van der Waals surface area (Å²) in [4.78, 5) is 4.25. The highest BCUT2D eigenvalue weighted by molar-refractivity contribution is 6.31. The van der Waals surface area contributed by atoms with Crippen LogP contribution in [-0.4, -0.2) is 19.0 Å². The van der Waals surface area contributed by atoms with Crippen LogP contribution >= 0.6 is 11.6 Å². The molecule has 1 aliphatic carbocycles. The molecular formula is C14H20ClN3. The van der Waals surface area contributed by atoms with E-state index in [1.807, 2.05) is 24.3 Å². The van der Waals surface area contributed by atoms with Gasteiger partial charge in [-0.1, -0.05) is 42.6 Å². The van der Waals surface area contributed by atoms with Crippen LogP contribution in [0.25, 0.3) is 0 Å². The maximum Gasteiger partial charge on any atom is 0.191 e. The van der Waals surface area contributed by atoms with Gasteiger partial charge in [0, 0.05) is 24.7 Å². The van der Waals surface area contributed by atoms with E-state index in [0.29, 0.717) is 12.6 Å². The van der Waals surface area contributed by atoms with Crippen molar-refractivity contribution in [2.24, 2.45) is 4.99 Å². The zero-order valence-corrected chi connectivity index (χ0v) is 11.5. The number of rotatable bonds is 3. The molecule has 1 aromatic rings. The summed E-state index contributed by atoms with van der Waals surface area (Å²) >= 11 is 6.12. The average Bonchev–Trinajstić information content (AvgIpc) is 2.89. The number of halogens is 1. The lowest BCUT2D eigenvalue weighted by Gasteiger charge is -2.17. The molecule has 1 fully saturated rings. The van der Waals surface area contributed by atoms with Crippen LogP contribution in [0, 0.1) is 0 Å². The molecule has 3 nitrogen and oxygen atoms in total. The molecule has 0 spiro atoms. The van der Waals surface area contributed by atoms with Crippen molar-refractivity contribution in [3.05, 3.63) is 34.9 Å². The Morgan fingerprint density at radius 2 is 2.06 bits per heavy atom. The maximum atomic E-state index is 6.12. The minimum atomic E-state index is 0.572. The Balaban J connectivity index is 1.85. The minimum absolute atomic E-state index is 0.572. The predicted molar refractivity (Wildman–Crippen MR) is 77.0 cm³/mol. The zero-order valence-electron chi connectivity index (χ0n) is 10.7. The van der Waals surface area contributed by atoms with Gasteiger partial charge in [0.05, 0.1) is 0 Å². The highest BCUT2D eigenvalue weighted by Crippen LogP contribution is 2.17. The first-order valence-corrected chi connectivity index (χ1v) is 6.88. The minimum Gasteiger partial charge on any atom is -0.354 e. The van der Waals surface area contributed by atoms with E-state index in [-0.39, 0.29) is 0 Å². The summed E-state index contributed by atoms with van der Waals surface area (Å²) in [6.45, 7) is 0.700. The van der Waals surface area contributed by atoms with Crippen molar-refractivity contribution in [3.63, 3.8) is 0 Å². The van der Waals surface area contributed by atoms with Crippen LogP contribution in [0.2, 0.25) is 5.02 Å². The molecule has 1 aliphatic rings. The Kier molecular flexibility index (Phi) is 4.88. The summed E-state index contributed by atoms with van der Waals surface area (Å²) in [7, 11) is 1.80. The third kappa shape index (κ3) is 3.64. The van der Waals surface area contributed by atoms with Gasteiger partial charge in [0.1, 0.15) is 0 Å². The van der Waals surface area contributed by atoms with Crippen molar-refractivity contribution < 1.29 is 0 Å². The summed E-state index contributed by atoms with van der Waals surface area (Å²) in [6.07, 6.45) is 5.12. The van der Waals surface area contributed by atoms with Crippen LogP contribution in [0.1, 0.15) is 31.2 Å². The van der Waals surface area contributed by atoms with Gasteiger partial charge in [0.25, 0.3) is 0 Å². The van der Waals surface area contributed by atoms with Crippen LogP contribution in [0.5, 0.6) is 0 Å². The zero-order chi connectivity index (χ0) is 12.8. The van der Waals surface area contributed by atoms with Crippen molar-refractivity contribution in [2.45, 2.75) is 38.3 Å². The highest BCUT2D eigenvalue weighted by Gasteiger charge is 2.15. The third-order valence-corrected chi connectivity index (χ3v) is 3.69. The largest absolute Gasteiger partial charge is 0.354 e. The topological polar surface area (TPSA) is 36.4 Å². The smallest absolute Gasteiger partial charge is 0.191 e. The number of aliphatic imine (C=N–C) groups is 1.